The quantitative estimate of drug-likeness (QED) is 0.671. The van der Waals surface area contributed by atoms with Crippen molar-refractivity contribution in [3.63, 3.8) is 0 Å². The molecule has 0 saturated heterocycles. The molecule has 1 unspecified atom stereocenters. The molecule has 19 heavy (non-hydrogen) atoms. The molecule has 0 fully saturated rings. The van der Waals surface area contributed by atoms with Crippen LogP contribution in [0.25, 0.3) is 5.57 Å². The van der Waals surface area contributed by atoms with E-state index in [4.69, 9.17) is 0 Å². The molecule has 0 N–H and O–H groups in total. The molecule has 1 atom stereocenters. The summed E-state index contributed by atoms with van der Waals surface area (Å²) in [6, 6.07) is 8.04. The number of benzene rings is 1. The second-order valence-corrected chi connectivity index (χ2v) is 6.70. The molecule has 0 heterocycles. The second kappa shape index (κ2) is 5.32. The van der Waals surface area contributed by atoms with Crippen LogP contribution in [0.4, 0.5) is 0 Å². The highest BCUT2D eigenvalue weighted by Crippen LogP contribution is 2.39. The Labute approximate surface area is 116 Å². The lowest BCUT2D eigenvalue weighted by atomic mass is 9.72. The molecule has 0 bridgehead atoms. The zero-order valence-corrected chi connectivity index (χ0v) is 12.5. The lowest BCUT2D eigenvalue weighted by Gasteiger charge is -2.33. The van der Waals surface area contributed by atoms with Gasteiger partial charge in [-0.25, -0.2) is 0 Å². The molecule has 0 aliphatic heterocycles. The average Bonchev–Trinajstić information content (AvgIpc) is 2.38. The third kappa shape index (κ3) is 3.34. The minimum absolute atomic E-state index is 0.136. The smallest absolute Gasteiger partial charge is 0.159 e. The fourth-order valence-electron chi connectivity index (χ4n) is 2.80. The van der Waals surface area contributed by atoms with Crippen LogP contribution in [0, 0.1) is 11.3 Å². The Morgan fingerprint density at radius 3 is 2.21 bits per heavy atom. The predicted octanol–water partition coefficient (Wildman–Crippen LogP) is 5.12. The molecule has 0 radical (unpaired) electrons. The molecule has 1 heteroatoms. The van der Waals surface area contributed by atoms with E-state index >= 15 is 0 Å². The van der Waals surface area contributed by atoms with Gasteiger partial charge in [0.05, 0.1) is 0 Å². The Balaban J connectivity index is 2.12. The van der Waals surface area contributed by atoms with Crippen LogP contribution >= 0.6 is 0 Å². The van der Waals surface area contributed by atoms with Crippen LogP contribution in [0.3, 0.4) is 0 Å². The van der Waals surface area contributed by atoms with E-state index in [0.29, 0.717) is 5.41 Å². The lowest BCUT2D eigenvalue weighted by Crippen LogP contribution is -2.21. The summed E-state index contributed by atoms with van der Waals surface area (Å²) in [4.78, 5) is 11.3. The first-order chi connectivity index (χ1) is 8.88. The Hall–Kier alpha value is -1.37. The summed E-state index contributed by atoms with van der Waals surface area (Å²) < 4.78 is 0. The van der Waals surface area contributed by atoms with E-state index in [2.05, 4.69) is 39.0 Å². The van der Waals surface area contributed by atoms with Crippen molar-refractivity contribution in [1.29, 1.82) is 0 Å². The predicted molar refractivity (Wildman–Crippen MR) is 81.2 cm³/mol. The molecular weight excluding hydrogens is 232 g/mol. The van der Waals surface area contributed by atoms with E-state index < -0.39 is 0 Å². The van der Waals surface area contributed by atoms with Gasteiger partial charge in [0, 0.05) is 5.56 Å². The molecule has 1 aliphatic rings. The average molecular weight is 256 g/mol. The summed E-state index contributed by atoms with van der Waals surface area (Å²) in [6.07, 6.45) is 5.99. The number of carbonyl (C=O) groups excluding carboxylic acids is 1. The molecular formula is C18H24O. The Morgan fingerprint density at radius 2 is 1.79 bits per heavy atom. The number of hydrogen-bond donors (Lipinski definition) is 0. The molecule has 1 aromatic carbocycles. The first-order valence-electron chi connectivity index (χ1n) is 7.18. The third-order valence-corrected chi connectivity index (χ3v) is 4.30. The van der Waals surface area contributed by atoms with E-state index in [1.54, 1.807) is 6.92 Å². The van der Waals surface area contributed by atoms with Crippen molar-refractivity contribution in [2.75, 3.05) is 0 Å². The highest BCUT2D eigenvalue weighted by molar-refractivity contribution is 5.94. The summed E-state index contributed by atoms with van der Waals surface area (Å²) in [6.45, 7) is 8.61. The van der Waals surface area contributed by atoms with E-state index in [9.17, 15) is 4.79 Å². The maximum Gasteiger partial charge on any atom is 0.159 e. The highest BCUT2D eigenvalue weighted by atomic mass is 16.1. The van der Waals surface area contributed by atoms with E-state index in [1.165, 1.54) is 24.0 Å². The van der Waals surface area contributed by atoms with Crippen LogP contribution in [-0.4, -0.2) is 5.78 Å². The van der Waals surface area contributed by atoms with Crippen molar-refractivity contribution in [2.45, 2.75) is 47.0 Å². The van der Waals surface area contributed by atoms with Crippen molar-refractivity contribution >= 4 is 11.4 Å². The second-order valence-electron chi connectivity index (χ2n) is 6.70. The zero-order chi connectivity index (χ0) is 14.0. The Bertz CT molecular complexity index is 485. The van der Waals surface area contributed by atoms with Gasteiger partial charge < -0.3 is 0 Å². The van der Waals surface area contributed by atoms with Gasteiger partial charge in [-0.15, -0.1) is 0 Å². The summed E-state index contributed by atoms with van der Waals surface area (Å²) in [5, 5.41) is 0. The molecule has 0 saturated carbocycles. The van der Waals surface area contributed by atoms with Crippen LogP contribution in [-0.2, 0) is 0 Å². The molecule has 1 nitrogen and oxygen atoms in total. The molecule has 0 spiro atoms. The van der Waals surface area contributed by atoms with Crippen LogP contribution in [0.15, 0.2) is 30.3 Å². The van der Waals surface area contributed by atoms with Gasteiger partial charge in [0.1, 0.15) is 0 Å². The van der Waals surface area contributed by atoms with Gasteiger partial charge in [-0.2, -0.15) is 0 Å². The summed E-state index contributed by atoms with van der Waals surface area (Å²) in [7, 11) is 0. The van der Waals surface area contributed by atoms with Gasteiger partial charge >= 0.3 is 0 Å². The van der Waals surface area contributed by atoms with Gasteiger partial charge in [0.2, 0.25) is 0 Å². The van der Waals surface area contributed by atoms with Gasteiger partial charge in [0.15, 0.2) is 5.78 Å². The minimum atomic E-state index is 0.136. The fourth-order valence-corrected chi connectivity index (χ4v) is 2.80. The third-order valence-electron chi connectivity index (χ3n) is 4.30. The monoisotopic (exact) mass is 256 g/mol. The molecule has 102 valence electrons. The van der Waals surface area contributed by atoms with E-state index in [0.717, 1.165) is 17.9 Å². The number of Topliss-reactive ketones (excluding diaryl/α,β-unsaturated/α-hetero) is 1. The zero-order valence-electron chi connectivity index (χ0n) is 12.5. The van der Waals surface area contributed by atoms with Crippen LogP contribution < -0.4 is 0 Å². The number of carbonyl (C=O) groups is 1. The minimum Gasteiger partial charge on any atom is -0.295 e. The first kappa shape index (κ1) is 14.0. The van der Waals surface area contributed by atoms with Crippen molar-refractivity contribution in [3.8, 4) is 0 Å². The van der Waals surface area contributed by atoms with E-state index in [-0.39, 0.29) is 5.78 Å². The van der Waals surface area contributed by atoms with Crippen molar-refractivity contribution in [1.82, 2.24) is 0 Å². The van der Waals surface area contributed by atoms with Crippen molar-refractivity contribution < 1.29 is 4.79 Å². The van der Waals surface area contributed by atoms with Crippen molar-refractivity contribution in [3.05, 3.63) is 41.5 Å². The summed E-state index contributed by atoms with van der Waals surface area (Å²) >= 11 is 0. The van der Waals surface area contributed by atoms with Gasteiger partial charge in [0.25, 0.3) is 0 Å². The van der Waals surface area contributed by atoms with Crippen LogP contribution in [0.5, 0.6) is 0 Å². The highest BCUT2D eigenvalue weighted by Gasteiger charge is 2.26. The first-order valence-corrected chi connectivity index (χ1v) is 7.18. The topological polar surface area (TPSA) is 17.1 Å². The molecule has 0 amide bonds. The molecule has 0 aromatic heterocycles. The number of rotatable bonds is 2. The van der Waals surface area contributed by atoms with Crippen molar-refractivity contribution in [2.24, 2.45) is 11.3 Å². The SMILES string of the molecule is CC(=O)c1ccc(C2=CCC(C(C)(C)C)CC2)cc1. The number of ketones is 1. The number of hydrogen-bond acceptors (Lipinski definition) is 1. The van der Waals surface area contributed by atoms with E-state index in [1.807, 2.05) is 12.1 Å². The van der Waals surface area contributed by atoms with Gasteiger partial charge in [-0.05, 0) is 48.7 Å². The summed E-state index contributed by atoms with van der Waals surface area (Å²) in [5.41, 5.74) is 3.92. The summed E-state index contributed by atoms with van der Waals surface area (Å²) in [5.74, 6) is 0.921. The number of allylic oxidation sites excluding steroid dienone is 2. The molecule has 1 aromatic rings. The fraction of sp³-hybridized carbons (Fsp3) is 0.500. The molecule has 1 aliphatic carbocycles. The largest absolute Gasteiger partial charge is 0.295 e. The van der Waals surface area contributed by atoms with Crippen LogP contribution in [0.2, 0.25) is 0 Å². The van der Waals surface area contributed by atoms with Crippen LogP contribution in [0.1, 0.15) is 62.9 Å². The lowest BCUT2D eigenvalue weighted by molar-refractivity contribution is 0.101. The van der Waals surface area contributed by atoms with Gasteiger partial charge in [-0.1, -0.05) is 51.1 Å². The van der Waals surface area contributed by atoms with Gasteiger partial charge in [-0.3, -0.25) is 4.79 Å². The normalized spacial score (nSPS) is 20.0. The standard InChI is InChI=1S/C18H24O/c1-13(19)14-5-7-15(8-6-14)16-9-11-17(12-10-16)18(2,3)4/h5-9,17H,10-12H2,1-4H3. The Kier molecular flexibility index (Phi) is 3.93. The maximum absolute atomic E-state index is 11.3. The maximum atomic E-state index is 11.3. The molecule has 2 rings (SSSR count). The Morgan fingerprint density at radius 1 is 1.16 bits per heavy atom.